The molecule has 3 heteroatoms. The van der Waals surface area contributed by atoms with Crippen molar-refractivity contribution >= 4 is 11.3 Å². The second kappa shape index (κ2) is 7.00. The molecule has 1 aliphatic carbocycles. The highest BCUT2D eigenvalue weighted by atomic mass is 32.1. The SMILES string of the molecule is c1ccc(-c2csc(CNCCC3CCCC3)n2)cc1. The number of benzene rings is 1. The summed E-state index contributed by atoms with van der Waals surface area (Å²) in [5.41, 5.74) is 2.31. The van der Waals surface area contributed by atoms with Crippen molar-refractivity contribution in [2.75, 3.05) is 6.54 Å². The molecular weight excluding hydrogens is 264 g/mol. The van der Waals surface area contributed by atoms with Crippen molar-refractivity contribution in [1.29, 1.82) is 0 Å². The molecule has 1 aromatic carbocycles. The van der Waals surface area contributed by atoms with Crippen molar-refractivity contribution in [3.05, 3.63) is 40.7 Å². The van der Waals surface area contributed by atoms with Crippen LogP contribution in [0.4, 0.5) is 0 Å². The van der Waals surface area contributed by atoms with Gasteiger partial charge in [-0.3, -0.25) is 0 Å². The van der Waals surface area contributed by atoms with Crippen LogP contribution in [-0.4, -0.2) is 11.5 Å². The Balaban J connectivity index is 1.45. The standard InChI is InChI=1S/C17H22N2S/c1-2-8-15(9-3-1)16-13-20-17(19-16)12-18-11-10-14-6-4-5-7-14/h1-3,8-9,13-14,18H,4-7,10-12H2. The summed E-state index contributed by atoms with van der Waals surface area (Å²) in [4.78, 5) is 4.71. The molecule has 0 amide bonds. The van der Waals surface area contributed by atoms with E-state index < -0.39 is 0 Å². The van der Waals surface area contributed by atoms with E-state index in [0.29, 0.717) is 0 Å². The van der Waals surface area contributed by atoms with Crippen LogP contribution in [0.15, 0.2) is 35.7 Å². The summed E-state index contributed by atoms with van der Waals surface area (Å²) in [6.45, 7) is 2.04. The number of rotatable bonds is 6. The van der Waals surface area contributed by atoms with Crippen LogP contribution in [0.5, 0.6) is 0 Å². The molecule has 1 fully saturated rings. The summed E-state index contributed by atoms with van der Waals surface area (Å²) in [5, 5.41) is 6.89. The van der Waals surface area contributed by atoms with E-state index in [2.05, 4.69) is 35.0 Å². The van der Waals surface area contributed by atoms with Gasteiger partial charge in [0, 0.05) is 17.5 Å². The van der Waals surface area contributed by atoms with Gasteiger partial charge in [-0.1, -0.05) is 56.0 Å². The van der Waals surface area contributed by atoms with Crippen molar-refractivity contribution in [1.82, 2.24) is 10.3 Å². The Morgan fingerprint density at radius 2 is 1.95 bits per heavy atom. The van der Waals surface area contributed by atoms with Gasteiger partial charge in [0.2, 0.25) is 0 Å². The van der Waals surface area contributed by atoms with Crippen molar-refractivity contribution in [2.45, 2.75) is 38.6 Å². The Morgan fingerprint density at radius 1 is 1.15 bits per heavy atom. The highest BCUT2D eigenvalue weighted by molar-refractivity contribution is 7.09. The average molecular weight is 286 g/mol. The molecule has 0 saturated heterocycles. The quantitative estimate of drug-likeness (QED) is 0.792. The number of nitrogens with one attached hydrogen (secondary N) is 1. The third-order valence-electron chi connectivity index (χ3n) is 4.10. The van der Waals surface area contributed by atoms with Gasteiger partial charge in [0.25, 0.3) is 0 Å². The summed E-state index contributed by atoms with van der Waals surface area (Å²) in [7, 11) is 0. The molecule has 0 radical (unpaired) electrons. The fourth-order valence-corrected chi connectivity index (χ4v) is 3.71. The predicted octanol–water partition coefficient (Wildman–Crippen LogP) is 4.48. The highest BCUT2D eigenvalue weighted by Gasteiger charge is 2.14. The van der Waals surface area contributed by atoms with Gasteiger partial charge in [-0.25, -0.2) is 4.98 Å². The van der Waals surface area contributed by atoms with E-state index in [1.807, 2.05) is 6.07 Å². The molecule has 1 saturated carbocycles. The molecule has 0 bridgehead atoms. The first kappa shape index (κ1) is 13.8. The first-order valence-electron chi connectivity index (χ1n) is 7.62. The van der Waals surface area contributed by atoms with Gasteiger partial charge < -0.3 is 5.32 Å². The van der Waals surface area contributed by atoms with E-state index in [4.69, 9.17) is 4.98 Å². The van der Waals surface area contributed by atoms with Crippen LogP contribution in [0.25, 0.3) is 11.3 Å². The molecule has 0 atom stereocenters. The second-order valence-electron chi connectivity index (χ2n) is 5.61. The molecule has 2 aromatic rings. The maximum atomic E-state index is 4.71. The molecule has 0 spiro atoms. The third-order valence-corrected chi connectivity index (χ3v) is 4.95. The third kappa shape index (κ3) is 3.68. The average Bonchev–Trinajstić information content (AvgIpc) is 3.16. The monoisotopic (exact) mass is 286 g/mol. The molecule has 1 heterocycles. The molecule has 0 unspecified atom stereocenters. The molecule has 3 rings (SSSR count). The molecule has 1 aliphatic rings. The molecule has 1 N–H and O–H groups in total. The first-order valence-corrected chi connectivity index (χ1v) is 8.50. The summed E-state index contributed by atoms with van der Waals surface area (Å²) in [6.07, 6.45) is 7.10. The molecular formula is C17H22N2S. The zero-order valence-corrected chi connectivity index (χ0v) is 12.7. The largest absolute Gasteiger partial charge is 0.310 e. The fraction of sp³-hybridized carbons (Fsp3) is 0.471. The lowest BCUT2D eigenvalue weighted by atomic mass is 10.0. The van der Waals surface area contributed by atoms with E-state index in [1.165, 1.54) is 42.7 Å². The first-order chi connectivity index (χ1) is 9.92. The Bertz CT molecular complexity index is 515. The van der Waals surface area contributed by atoms with E-state index in [9.17, 15) is 0 Å². The van der Waals surface area contributed by atoms with E-state index in [-0.39, 0.29) is 0 Å². The van der Waals surface area contributed by atoms with E-state index in [0.717, 1.165) is 24.7 Å². The molecule has 20 heavy (non-hydrogen) atoms. The van der Waals surface area contributed by atoms with Crippen molar-refractivity contribution in [3.63, 3.8) is 0 Å². The number of aromatic nitrogens is 1. The van der Waals surface area contributed by atoms with Gasteiger partial charge in [0.1, 0.15) is 5.01 Å². The van der Waals surface area contributed by atoms with Gasteiger partial charge in [0.15, 0.2) is 0 Å². The summed E-state index contributed by atoms with van der Waals surface area (Å²) in [6, 6.07) is 10.4. The minimum Gasteiger partial charge on any atom is -0.310 e. The van der Waals surface area contributed by atoms with E-state index >= 15 is 0 Å². The Morgan fingerprint density at radius 3 is 2.75 bits per heavy atom. The minimum atomic E-state index is 0.907. The highest BCUT2D eigenvalue weighted by Crippen LogP contribution is 2.27. The van der Waals surface area contributed by atoms with Crippen LogP contribution < -0.4 is 5.32 Å². The van der Waals surface area contributed by atoms with Crippen LogP contribution in [0.1, 0.15) is 37.1 Å². The summed E-state index contributed by atoms with van der Waals surface area (Å²) < 4.78 is 0. The van der Waals surface area contributed by atoms with Gasteiger partial charge in [-0.2, -0.15) is 0 Å². The Kier molecular flexibility index (Phi) is 4.82. The minimum absolute atomic E-state index is 0.907. The lowest BCUT2D eigenvalue weighted by molar-refractivity contribution is 0.477. The van der Waals surface area contributed by atoms with Gasteiger partial charge in [-0.05, 0) is 18.9 Å². The van der Waals surface area contributed by atoms with Crippen molar-refractivity contribution < 1.29 is 0 Å². The van der Waals surface area contributed by atoms with Crippen LogP contribution in [0.2, 0.25) is 0 Å². The number of thiazole rings is 1. The van der Waals surface area contributed by atoms with Crippen molar-refractivity contribution in [3.8, 4) is 11.3 Å². The number of hydrogen-bond donors (Lipinski definition) is 1. The lowest BCUT2D eigenvalue weighted by Crippen LogP contribution is -2.16. The molecule has 2 nitrogen and oxygen atoms in total. The summed E-state index contributed by atoms with van der Waals surface area (Å²) >= 11 is 1.75. The van der Waals surface area contributed by atoms with Gasteiger partial charge in [-0.15, -0.1) is 11.3 Å². The zero-order chi connectivity index (χ0) is 13.6. The van der Waals surface area contributed by atoms with Crippen molar-refractivity contribution in [2.24, 2.45) is 5.92 Å². The predicted molar refractivity (Wildman–Crippen MR) is 85.8 cm³/mol. The van der Waals surface area contributed by atoms with Crippen LogP contribution in [0.3, 0.4) is 0 Å². The maximum absolute atomic E-state index is 4.71. The fourth-order valence-electron chi connectivity index (χ4n) is 2.93. The van der Waals surface area contributed by atoms with Crippen LogP contribution in [-0.2, 0) is 6.54 Å². The molecule has 106 valence electrons. The number of nitrogens with zero attached hydrogens (tertiary/aromatic N) is 1. The maximum Gasteiger partial charge on any atom is 0.107 e. The van der Waals surface area contributed by atoms with Crippen LogP contribution >= 0.6 is 11.3 Å². The molecule has 1 aromatic heterocycles. The topological polar surface area (TPSA) is 24.9 Å². The van der Waals surface area contributed by atoms with E-state index in [1.54, 1.807) is 11.3 Å². The lowest BCUT2D eigenvalue weighted by Gasteiger charge is -2.08. The summed E-state index contributed by atoms with van der Waals surface area (Å²) in [5.74, 6) is 0.971. The smallest absolute Gasteiger partial charge is 0.107 e. The van der Waals surface area contributed by atoms with Crippen LogP contribution in [0, 0.1) is 5.92 Å². The number of hydrogen-bond acceptors (Lipinski definition) is 3. The Hall–Kier alpha value is -1.19. The zero-order valence-electron chi connectivity index (χ0n) is 11.8. The van der Waals surface area contributed by atoms with Gasteiger partial charge >= 0.3 is 0 Å². The van der Waals surface area contributed by atoms with Gasteiger partial charge in [0.05, 0.1) is 5.69 Å². The normalized spacial score (nSPS) is 15.8. The molecule has 0 aliphatic heterocycles. The Labute approximate surface area is 125 Å². The second-order valence-corrected chi connectivity index (χ2v) is 6.55.